The van der Waals surface area contributed by atoms with Crippen LogP contribution in [0.2, 0.25) is 5.02 Å². The lowest BCUT2D eigenvalue weighted by Crippen LogP contribution is -2.31. The molecule has 0 radical (unpaired) electrons. The highest BCUT2D eigenvalue weighted by molar-refractivity contribution is 6.30. The molecule has 4 nitrogen and oxygen atoms in total. The van der Waals surface area contributed by atoms with Gasteiger partial charge in [0.2, 0.25) is 0 Å². The number of aliphatic hydroxyl groups excluding tert-OH is 2. The molecule has 0 saturated carbocycles. The summed E-state index contributed by atoms with van der Waals surface area (Å²) < 4.78 is 5.42. The van der Waals surface area contributed by atoms with E-state index in [9.17, 15) is 5.11 Å². The second-order valence-electron chi connectivity index (χ2n) is 4.64. The lowest BCUT2D eigenvalue weighted by molar-refractivity contribution is 0.0285. The van der Waals surface area contributed by atoms with Gasteiger partial charge >= 0.3 is 0 Å². The van der Waals surface area contributed by atoms with Crippen molar-refractivity contribution in [3.8, 4) is 0 Å². The van der Waals surface area contributed by atoms with E-state index in [4.69, 9.17) is 21.4 Å². The fourth-order valence-electron chi connectivity index (χ4n) is 1.53. The molecule has 1 aromatic carbocycles. The molecule has 0 saturated heterocycles. The van der Waals surface area contributed by atoms with Gasteiger partial charge in [0.05, 0.1) is 25.4 Å². The Balaban J connectivity index is 2.06. The topological polar surface area (TPSA) is 61.7 Å². The van der Waals surface area contributed by atoms with Crippen molar-refractivity contribution in [3.05, 3.63) is 34.9 Å². The molecule has 0 aliphatic rings. The molecule has 5 heteroatoms. The average Bonchev–Trinajstić information content (AvgIpc) is 2.37. The van der Waals surface area contributed by atoms with Crippen LogP contribution in [0.5, 0.6) is 0 Å². The average molecular weight is 288 g/mol. The van der Waals surface area contributed by atoms with Crippen molar-refractivity contribution >= 4 is 11.6 Å². The van der Waals surface area contributed by atoms with Gasteiger partial charge in [-0.3, -0.25) is 0 Å². The molecule has 0 aliphatic heterocycles. The van der Waals surface area contributed by atoms with Gasteiger partial charge < -0.3 is 20.3 Å². The van der Waals surface area contributed by atoms with Crippen LogP contribution in [0.1, 0.15) is 18.9 Å². The number of nitrogens with one attached hydrogen (secondary N) is 1. The van der Waals surface area contributed by atoms with Crippen LogP contribution in [-0.2, 0) is 11.3 Å². The lowest BCUT2D eigenvalue weighted by atomic mass is 10.2. The highest BCUT2D eigenvalue weighted by Gasteiger charge is 2.04. The Morgan fingerprint density at radius 3 is 2.58 bits per heavy atom. The third kappa shape index (κ3) is 8.18. The van der Waals surface area contributed by atoms with Crippen molar-refractivity contribution in [3.63, 3.8) is 0 Å². The zero-order valence-electron chi connectivity index (χ0n) is 11.2. The summed E-state index contributed by atoms with van der Waals surface area (Å²) in [6.45, 7) is 3.64. The Morgan fingerprint density at radius 2 is 1.95 bits per heavy atom. The van der Waals surface area contributed by atoms with Gasteiger partial charge in [-0.1, -0.05) is 23.7 Å². The molecule has 0 fully saturated rings. The van der Waals surface area contributed by atoms with Gasteiger partial charge in [0.25, 0.3) is 0 Å². The van der Waals surface area contributed by atoms with Crippen LogP contribution in [0.15, 0.2) is 24.3 Å². The highest BCUT2D eigenvalue weighted by atomic mass is 35.5. The van der Waals surface area contributed by atoms with Crippen LogP contribution < -0.4 is 5.32 Å². The van der Waals surface area contributed by atoms with Crippen molar-refractivity contribution in [1.82, 2.24) is 5.32 Å². The van der Waals surface area contributed by atoms with E-state index < -0.39 is 6.10 Å². The Morgan fingerprint density at radius 1 is 1.26 bits per heavy atom. The van der Waals surface area contributed by atoms with E-state index in [1.54, 1.807) is 6.92 Å². The number of rotatable bonds is 9. The van der Waals surface area contributed by atoms with Crippen molar-refractivity contribution < 1.29 is 14.9 Å². The monoisotopic (exact) mass is 287 g/mol. The molecule has 1 aromatic rings. The molecule has 0 heterocycles. The molecule has 0 spiro atoms. The summed E-state index contributed by atoms with van der Waals surface area (Å²) in [4.78, 5) is 0. The molecule has 0 aliphatic carbocycles. The molecular weight excluding hydrogens is 266 g/mol. The Hall–Kier alpha value is -0.650. The van der Waals surface area contributed by atoms with E-state index in [0.29, 0.717) is 31.1 Å². The van der Waals surface area contributed by atoms with E-state index in [-0.39, 0.29) is 12.7 Å². The maximum absolute atomic E-state index is 9.67. The number of hydrogen-bond acceptors (Lipinski definition) is 4. The van der Waals surface area contributed by atoms with Gasteiger partial charge in [0, 0.05) is 11.6 Å². The SMILES string of the molecule is CC(O)CCNCC(O)COCc1ccc(Cl)cc1. The van der Waals surface area contributed by atoms with Gasteiger partial charge in [-0.05, 0) is 37.6 Å². The first kappa shape index (κ1) is 16.4. The Kier molecular flexibility index (Phi) is 8.02. The first-order chi connectivity index (χ1) is 9.08. The Labute approximate surface area is 119 Å². The molecule has 1 rings (SSSR count). The summed E-state index contributed by atoms with van der Waals surface area (Å²) in [5, 5.41) is 22.5. The molecule has 3 N–H and O–H groups in total. The largest absolute Gasteiger partial charge is 0.393 e. The number of ether oxygens (including phenoxy) is 1. The van der Waals surface area contributed by atoms with Crippen molar-refractivity contribution in [1.29, 1.82) is 0 Å². The molecule has 19 heavy (non-hydrogen) atoms. The van der Waals surface area contributed by atoms with E-state index in [1.807, 2.05) is 24.3 Å². The third-order valence-corrected chi connectivity index (χ3v) is 2.86. The van der Waals surface area contributed by atoms with Crippen molar-refractivity contribution in [2.75, 3.05) is 19.7 Å². The Bertz CT molecular complexity index is 343. The van der Waals surface area contributed by atoms with Crippen LogP contribution in [0, 0.1) is 0 Å². The second kappa shape index (κ2) is 9.28. The zero-order chi connectivity index (χ0) is 14.1. The zero-order valence-corrected chi connectivity index (χ0v) is 11.9. The maximum Gasteiger partial charge on any atom is 0.0897 e. The second-order valence-corrected chi connectivity index (χ2v) is 5.07. The van der Waals surface area contributed by atoms with E-state index >= 15 is 0 Å². The van der Waals surface area contributed by atoms with Gasteiger partial charge in [0.1, 0.15) is 0 Å². The fourth-order valence-corrected chi connectivity index (χ4v) is 1.66. The van der Waals surface area contributed by atoms with Gasteiger partial charge in [-0.25, -0.2) is 0 Å². The van der Waals surface area contributed by atoms with Gasteiger partial charge in [-0.15, -0.1) is 0 Å². The third-order valence-electron chi connectivity index (χ3n) is 2.61. The molecule has 2 atom stereocenters. The standard InChI is InChI=1S/C14H22ClNO3/c1-11(17)6-7-16-8-14(18)10-19-9-12-2-4-13(15)5-3-12/h2-5,11,14,16-18H,6-10H2,1H3. The molecule has 108 valence electrons. The maximum atomic E-state index is 9.67. The first-order valence-electron chi connectivity index (χ1n) is 6.47. The van der Waals surface area contributed by atoms with Crippen molar-refractivity contribution in [2.45, 2.75) is 32.2 Å². The van der Waals surface area contributed by atoms with Crippen LogP contribution in [0.25, 0.3) is 0 Å². The summed E-state index contributed by atoms with van der Waals surface area (Å²) >= 11 is 5.78. The number of benzene rings is 1. The summed E-state index contributed by atoms with van der Waals surface area (Å²) in [5.41, 5.74) is 1.03. The molecular formula is C14H22ClNO3. The van der Waals surface area contributed by atoms with Crippen LogP contribution in [0.3, 0.4) is 0 Å². The molecule has 0 aromatic heterocycles. The predicted octanol–water partition coefficient (Wildman–Crippen LogP) is 1.58. The fraction of sp³-hybridized carbons (Fsp3) is 0.571. The van der Waals surface area contributed by atoms with Gasteiger partial charge in [-0.2, -0.15) is 0 Å². The van der Waals surface area contributed by atoms with E-state index in [2.05, 4.69) is 5.32 Å². The number of aliphatic hydroxyl groups is 2. The van der Waals surface area contributed by atoms with Crippen LogP contribution in [0.4, 0.5) is 0 Å². The normalized spacial score (nSPS) is 14.3. The number of halogens is 1. The van der Waals surface area contributed by atoms with Crippen LogP contribution >= 0.6 is 11.6 Å². The molecule has 0 bridgehead atoms. The summed E-state index contributed by atoms with van der Waals surface area (Å²) in [6, 6.07) is 7.42. The predicted molar refractivity (Wildman–Crippen MR) is 76.3 cm³/mol. The lowest BCUT2D eigenvalue weighted by Gasteiger charge is -2.13. The summed E-state index contributed by atoms with van der Waals surface area (Å²) in [5.74, 6) is 0. The number of hydrogen-bond donors (Lipinski definition) is 3. The highest BCUT2D eigenvalue weighted by Crippen LogP contribution is 2.10. The van der Waals surface area contributed by atoms with E-state index in [0.717, 1.165) is 5.56 Å². The first-order valence-corrected chi connectivity index (χ1v) is 6.84. The van der Waals surface area contributed by atoms with Crippen molar-refractivity contribution in [2.24, 2.45) is 0 Å². The molecule has 2 unspecified atom stereocenters. The van der Waals surface area contributed by atoms with E-state index in [1.165, 1.54) is 0 Å². The minimum atomic E-state index is -0.540. The molecule has 0 amide bonds. The summed E-state index contributed by atoms with van der Waals surface area (Å²) in [6.07, 6.45) is -0.176. The van der Waals surface area contributed by atoms with Gasteiger partial charge in [0.15, 0.2) is 0 Å². The summed E-state index contributed by atoms with van der Waals surface area (Å²) in [7, 11) is 0. The quantitative estimate of drug-likeness (QED) is 0.604. The smallest absolute Gasteiger partial charge is 0.0897 e. The minimum Gasteiger partial charge on any atom is -0.393 e. The minimum absolute atomic E-state index is 0.282. The van der Waals surface area contributed by atoms with Crippen LogP contribution in [-0.4, -0.2) is 42.1 Å².